The molecule has 4 atom stereocenters. The fraction of sp³-hybridized carbons (Fsp3) is 0.560. The van der Waals surface area contributed by atoms with Crippen LogP contribution < -0.4 is 5.73 Å². The number of nitrogens with one attached hydrogen (secondary N) is 1. The van der Waals surface area contributed by atoms with Gasteiger partial charge >= 0.3 is 0 Å². The highest BCUT2D eigenvalue weighted by Crippen LogP contribution is 2.28. The highest BCUT2D eigenvalue weighted by molar-refractivity contribution is 5.96. The van der Waals surface area contributed by atoms with Gasteiger partial charge in [0, 0.05) is 30.0 Å². The van der Waals surface area contributed by atoms with Gasteiger partial charge in [0.2, 0.25) is 0 Å². The minimum Gasteiger partial charge on any atom is -0.365 e. The Labute approximate surface area is 173 Å². The third kappa shape index (κ3) is 8.02. The summed E-state index contributed by atoms with van der Waals surface area (Å²) in [6.07, 6.45) is 19.1. The number of allylic oxidation sites excluding steroid dienone is 6. The molecule has 0 spiro atoms. The van der Waals surface area contributed by atoms with Gasteiger partial charge in [-0.05, 0) is 56.1 Å². The Morgan fingerprint density at radius 2 is 1.96 bits per heavy atom. The predicted molar refractivity (Wildman–Crippen MR) is 125 cm³/mol. The maximum absolute atomic E-state index is 8.00. The van der Waals surface area contributed by atoms with E-state index in [0.717, 1.165) is 31.5 Å². The average molecular weight is 384 g/mol. The van der Waals surface area contributed by atoms with Crippen molar-refractivity contribution in [1.82, 2.24) is 4.90 Å². The van der Waals surface area contributed by atoms with E-state index in [0.29, 0.717) is 23.6 Å². The number of hydrogen-bond donors (Lipinski definition) is 2. The average Bonchev–Trinajstić information content (AvgIpc) is 2.67. The molecule has 0 amide bonds. The molecule has 0 aromatic rings. The second-order valence-corrected chi connectivity index (χ2v) is 8.08. The molecule has 0 fully saturated rings. The SMILES string of the molecule is C=C(C)N(C/C=C(\C=C/CC)C/C=C\C(=N)C(N)CC)[C@@H]1C=C[C@@H](C)C(C)C1. The van der Waals surface area contributed by atoms with Crippen LogP contribution in [-0.4, -0.2) is 29.2 Å². The first-order valence-electron chi connectivity index (χ1n) is 10.8. The second-order valence-electron chi connectivity index (χ2n) is 8.08. The largest absolute Gasteiger partial charge is 0.365 e. The minimum atomic E-state index is -0.170. The van der Waals surface area contributed by atoms with Gasteiger partial charge in [-0.2, -0.15) is 0 Å². The van der Waals surface area contributed by atoms with E-state index in [1.54, 1.807) is 0 Å². The van der Waals surface area contributed by atoms with Crippen LogP contribution in [-0.2, 0) is 0 Å². The number of nitrogens with two attached hydrogens (primary N) is 1. The number of nitrogens with zero attached hydrogens (tertiary/aromatic N) is 1. The van der Waals surface area contributed by atoms with Gasteiger partial charge in [0.25, 0.3) is 0 Å². The first kappa shape index (κ1) is 24.2. The molecule has 0 saturated carbocycles. The smallest absolute Gasteiger partial charge is 0.0478 e. The van der Waals surface area contributed by atoms with Crippen LogP contribution in [0.15, 0.2) is 60.4 Å². The first-order valence-corrected chi connectivity index (χ1v) is 10.8. The third-order valence-electron chi connectivity index (χ3n) is 5.65. The van der Waals surface area contributed by atoms with E-state index in [9.17, 15) is 0 Å². The molecule has 2 unspecified atom stereocenters. The van der Waals surface area contributed by atoms with E-state index in [1.165, 1.54) is 12.0 Å². The molecule has 0 bridgehead atoms. The lowest BCUT2D eigenvalue weighted by Crippen LogP contribution is -2.36. The van der Waals surface area contributed by atoms with Gasteiger partial charge in [0.1, 0.15) is 0 Å². The molecule has 1 rings (SSSR count). The lowest BCUT2D eigenvalue weighted by Gasteiger charge is -2.37. The van der Waals surface area contributed by atoms with Gasteiger partial charge in [0.05, 0.1) is 0 Å². The third-order valence-corrected chi connectivity index (χ3v) is 5.65. The molecule has 1 aliphatic rings. The van der Waals surface area contributed by atoms with Crippen molar-refractivity contribution in [3.63, 3.8) is 0 Å². The molecule has 0 heterocycles. The summed E-state index contributed by atoms with van der Waals surface area (Å²) in [6.45, 7) is 16.0. The summed E-state index contributed by atoms with van der Waals surface area (Å²) in [7, 11) is 0. The lowest BCUT2D eigenvalue weighted by molar-refractivity contribution is 0.247. The van der Waals surface area contributed by atoms with Gasteiger partial charge in [-0.15, -0.1) is 0 Å². The summed E-state index contributed by atoms with van der Waals surface area (Å²) in [5, 5.41) is 8.00. The normalized spacial score (nSPS) is 24.1. The van der Waals surface area contributed by atoms with Crippen molar-refractivity contribution in [3.8, 4) is 0 Å². The van der Waals surface area contributed by atoms with E-state index in [2.05, 4.69) is 75.6 Å². The highest BCUT2D eigenvalue weighted by Gasteiger charge is 2.23. The molecule has 0 radical (unpaired) electrons. The van der Waals surface area contributed by atoms with Crippen LogP contribution in [0.3, 0.4) is 0 Å². The number of rotatable bonds is 11. The Bertz CT molecular complexity index is 624. The van der Waals surface area contributed by atoms with Crippen LogP contribution in [0.5, 0.6) is 0 Å². The van der Waals surface area contributed by atoms with E-state index in [-0.39, 0.29) is 6.04 Å². The summed E-state index contributed by atoms with van der Waals surface area (Å²) in [5.41, 5.74) is 8.80. The van der Waals surface area contributed by atoms with Crippen LogP contribution in [0.1, 0.15) is 60.3 Å². The van der Waals surface area contributed by atoms with Crippen molar-refractivity contribution in [3.05, 3.63) is 60.4 Å². The molecular weight excluding hydrogens is 342 g/mol. The maximum atomic E-state index is 8.00. The minimum absolute atomic E-state index is 0.170. The van der Waals surface area contributed by atoms with Gasteiger partial charge in [-0.25, -0.2) is 0 Å². The molecule has 0 aromatic heterocycles. The molecule has 3 nitrogen and oxygen atoms in total. The van der Waals surface area contributed by atoms with Crippen molar-refractivity contribution < 1.29 is 0 Å². The fourth-order valence-electron chi connectivity index (χ4n) is 3.34. The van der Waals surface area contributed by atoms with Crippen molar-refractivity contribution >= 4 is 5.71 Å². The van der Waals surface area contributed by atoms with Crippen LogP contribution >= 0.6 is 0 Å². The Balaban J connectivity index is 2.86. The highest BCUT2D eigenvalue weighted by atomic mass is 15.2. The second kappa shape index (κ2) is 12.6. The van der Waals surface area contributed by atoms with Gasteiger partial charge in [-0.1, -0.05) is 70.7 Å². The Morgan fingerprint density at radius 3 is 2.54 bits per heavy atom. The number of hydrogen-bond acceptors (Lipinski definition) is 3. The molecule has 28 heavy (non-hydrogen) atoms. The molecule has 3 N–H and O–H groups in total. The van der Waals surface area contributed by atoms with Crippen molar-refractivity contribution in [1.29, 1.82) is 5.41 Å². The summed E-state index contributed by atoms with van der Waals surface area (Å²) < 4.78 is 0. The fourth-order valence-corrected chi connectivity index (χ4v) is 3.34. The standard InChI is InChI=1S/C25H41N3/c1-7-9-11-22(12-10-13-25(27)24(26)8-2)16-17-28(19(3)4)23-15-14-20(5)21(6)18-23/h9-11,13-16,20-21,23-24,27H,3,7-8,12,17-18,26H2,1-2,4-6H3/b11-9-,13-10-,22-16+,27-25?/t20-,21?,23-,24?/m1/s1. The predicted octanol–water partition coefficient (Wildman–Crippen LogP) is 6.02. The van der Waals surface area contributed by atoms with Gasteiger partial charge in [0.15, 0.2) is 0 Å². The van der Waals surface area contributed by atoms with Crippen LogP contribution in [0.4, 0.5) is 0 Å². The lowest BCUT2D eigenvalue weighted by atomic mass is 9.83. The molecular formula is C25H41N3. The van der Waals surface area contributed by atoms with Crippen LogP contribution in [0.25, 0.3) is 0 Å². The molecule has 0 aromatic carbocycles. The summed E-state index contributed by atoms with van der Waals surface area (Å²) >= 11 is 0. The molecule has 0 saturated heterocycles. The quantitative estimate of drug-likeness (QED) is 0.260. The topological polar surface area (TPSA) is 53.1 Å². The van der Waals surface area contributed by atoms with Crippen molar-refractivity contribution in [2.75, 3.05) is 6.54 Å². The van der Waals surface area contributed by atoms with Crippen molar-refractivity contribution in [2.45, 2.75) is 72.4 Å². The van der Waals surface area contributed by atoms with E-state index in [4.69, 9.17) is 11.1 Å². The van der Waals surface area contributed by atoms with E-state index >= 15 is 0 Å². The van der Waals surface area contributed by atoms with Gasteiger partial charge in [-0.3, -0.25) is 0 Å². The Morgan fingerprint density at radius 1 is 1.25 bits per heavy atom. The molecule has 1 aliphatic carbocycles. The van der Waals surface area contributed by atoms with Crippen molar-refractivity contribution in [2.24, 2.45) is 17.6 Å². The zero-order valence-corrected chi connectivity index (χ0v) is 18.6. The molecule has 0 aliphatic heterocycles. The zero-order valence-electron chi connectivity index (χ0n) is 18.6. The summed E-state index contributed by atoms with van der Waals surface area (Å²) in [6, 6.07) is 0.249. The molecule has 3 heteroatoms. The van der Waals surface area contributed by atoms with Crippen LogP contribution in [0.2, 0.25) is 0 Å². The summed E-state index contributed by atoms with van der Waals surface area (Å²) in [5.74, 6) is 1.34. The molecule has 156 valence electrons. The van der Waals surface area contributed by atoms with E-state index < -0.39 is 0 Å². The zero-order chi connectivity index (χ0) is 21.1. The monoisotopic (exact) mass is 383 g/mol. The van der Waals surface area contributed by atoms with Gasteiger partial charge < -0.3 is 16.0 Å². The first-order chi connectivity index (χ1) is 13.3. The Hall–Kier alpha value is -1.87. The van der Waals surface area contributed by atoms with E-state index in [1.807, 2.05) is 13.0 Å². The summed E-state index contributed by atoms with van der Waals surface area (Å²) in [4.78, 5) is 2.40. The maximum Gasteiger partial charge on any atom is 0.0478 e. The Kier molecular flexibility index (Phi) is 10.8. The van der Waals surface area contributed by atoms with Crippen LogP contribution in [0, 0.1) is 17.2 Å².